The second kappa shape index (κ2) is 6.78. The Bertz CT molecular complexity index is 679. The molecular formula is C14H12BrClN2O3. The zero-order valence-electron chi connectivity index (χ0n) is 11.1. The van der Waals surface area contributed by atoms with Crippen LogP contribution in [-0.2, 0) is 4.74 Å². The van der Waals surface area contributed by atoms with Gasteiger partial charge in [-0.15, -0.1) is 0 Å². The lowest BCUT2D eigenvalue weighted by Gasteiger charge is -2.11. The van der Waals surface area contributed by atoms with Gasteiger partial charge in [-0.25, -0.2) is 9.78 Å². The standard InChI is InChI=1S/C14H12BrClN2O3/c1-2-20-14(19)9-5-6-18-13(12(9)17)21-11-7-8(15)3-4-10(11)16/h3-7H,2,17H2,1H3. The maximum absolute atomic E-state index is 11.8. The van der Waals surface area contributed by atoms with Crippen LogP contribution in [0.5, 0.6) is 11.6 Å². The van der Waals surface area contributed by atoms with Crippen molar-refractivity contribution in [1.82, 2.24) is 4.98 Å². The van der Waals surface area contributed by atoms with E-state index in [-0.39, 0.29) is 23.7 Å². The Morgan fingerprint density at radius 3 is 2.90 bits per heavy atom. The van der Waals surface area contributed by atoms with Crippen LogP contribution in [0.4, 0.5) is 5.69 Å². The topological polar surface area (TPSA) is 74.4 Å². The average Bonchev–Trinajstić information content (AvgIpc) is 2.45. The van der Waals surface area contributed by atoms with E-state index in [4.69, 9.17) is 26.8 Å². The zero-order chi connectivity index (χ0) is 15.4. The summed E-state index contributed by atoms with van der Waals surface area (Å²) in [4.78, 5) is 15.8. The molecule has 0 aliphatic carbocycles. The smallest absolute Gasteiger partial charge is 0.340 e. The third-order valence-corrected chi connectivity index (χ3v) is 3.35. The average molecular weight is 372 g/mol. The van der Waals surface area contributed by atoms with Gasteiger partial charge >= 0.3 is 5.97 Å². The predicted octanol–water partition coefficient (Wildman–Crippen LogP) is 4.05. The van der Waals surface area contributed by atoms with Crippen molar-refractivity contribution in [2.24, 2.45) is 0 Å². The van der Waals surface area contributed by atoms with Crippen LogP contribution in [0.3, 0.4) is 0 Å². The molecule has 0 saturated carbocycles. The molecule has 2 aromatic rings. The number of rotatable bonds is 4. The van der Waals surface area contributed by atoms with Crippen molar-refractivity contribution in [2.75, 3.05) is 12.3 Å². The van der Waals surface area contributed by atoms with Gasteiger partial charge in [-0.2, -0.15) is 0 Å². The molecule has 2 rings (SSSR count). The number of esters is 1. The molecule has 1 aromatic carbocycles. The second-order valence-electron chi connectivity index (χ2n) is 3.97. The van der Waals surface area contributed by atoms with Crippen LogP contribution in [0.1, 0.15) is 17.3 Å². The highest BCUT2D eigenvalue weighted by Crippen LogP contribution is 2.34. The molecule has 1 aromatic heterocycles. The van der Waals surface area contributed by atoms with Crippen molar-refractivity contribution in [2.45, 2.75) is 6.92 Å². The molecule has 5 nitrogen and oxygen atoms in total. The summed E-state index contributed by atoms with van der Waals surface area (Å²) in [7, 11) is 0. The zero-order valence-corrected chi connectivity index (χ0v) is 13.4. The number of aromatic nitrogens is 1. The number of nitrogens with two attached hydrogens (primary N) is 1. The Hall–Kier alpha value is -1.79. The number of hydrogen-bond acceptors (Lipinski definition) is 5. The molecule has 0 unspecified atom stereocenters. The largest absolute Gasteiger partial charge is 0.462 e. The molecule has 0 saturated heterocycles. The summed E-state index contributed by atoms with van der Waals surface area (Å²) >= 11 is 9.37. The van der Waals surface area contributed by atoms with Gasteiger partial charge in [0.15, 0.2) is 0 Å². The minimum Gasteiger partial charge on any atom is -0.462 e. The Balaban J connectivity index is 2.35. The van der Waals surface area contributed by atoms with Crippen molar-refractivity contribution in [3.8, 4) is 11.6 Å². The van der Waals surface area contributed by atoms with Gasteiger partial charge in [0, 0.05) is 10.7 Å². The number of ether oxygens (including phenoxy) is 2. The van der Waals surface area contributed by atoms with Gasteiger partial charge in [-0.1, -0.05) is 27.5 Å². The molecule has 0 aliphatic heterocycles. The molecule has 1 heterocycles. The molecule has 21 heavy (non-hydrogen) atoms. The quantitative estimate of drug-likeness (QED) is 0.821. The van der Waals surface area contributed by atoms with E-state index in [1.807, 2.05) is 0 Å². The minimum atomic E-state index is -0.525. The summed E-state index contributed by atoms with van der Waals surface area (Å²) in [6.45, 7) is 1.97. The van der Waals surface area contributed by atoms with Gasteiger partial charge in [0.25, 0.3) is 0 Å². The minimum absolute atomic E-state index is 0.0977. The lowest BCUT2D eigenvalue weighted by Crippen LogP contribution is -2.09. The highest BCUT2D eigenvalue weighted by Gasteiger charge is 2.16. The van der Waals surface area contributed by atoms with E-state index in [0.717, 1.165) is 4.47 Å². The van der Waals surface area contributed by atoms with Gasteiger partial charge in [0.2, 0.25) is 5.88 Å². The summed E-state index contributed by atoms with van der Waals surface area (Å²) in [6.07, 6.45) is 1.42. The maximum atomic E-state index is 11.8. The van der Waals surface area contributed by atoms with Crippen molar-refractivity contribution < 1.29 is 14.3 Å². The first-order valence-corrected chi connectivity index (χ1v) is 7.24. The summed E-state index contributed by atoms with van der Waals surface area (Å²) in [5.74, 6) is -0.0469. The fourth-order valence-corrected chi connectivity index (χ4v) is 2.08. The second-order valence-corrected chi connectivity index (χ2v) is 5.30. The fraction of sp³-hybridized carbons (Fsp3) is 0.143. The van der Waals surface area contributed by atoms with E-state index in [2.05, 4.69) is 20.9 Å². The Morgan fingerprint density at radius 1 is 1.43 bits per heavy atom. The Labute approximate surface area is 135 Å². The Morgan fingerprint density at radius 2 is 2.19 bits per heavy atom. The van der Waals surface area contributed by atoms with Crippen molar-refractivity contribution in [3.63, 3.8) is 0 Å². The van der Waals surface area contributed by atoms with Crippen LogP contribution in [0.25, 0.3) is 0 Å². The summed E-state index contributed by atoms with van der Waals surface area (Å²) in [6, 6.07) is 6.61. The van der Waals surface area contributed by atoms with Crippen LogP contribution < -0.4 is 10.5 Å². The van der Waals surface area contributed by atoms with Crippen molar-refractivity contribution in [3.05, 3.63) is 45.5 Å². The number of nitrogens with zero attached hydrogens (tertiary/aromatic N) is 1. The number of pyridine rings is 1. The predicted molar refractivity (Wildman–Crippen MR) is 83.8 cm³/mol. The number of carbonyl (C=O) groups is 1. The van der Waals surface area contributed by atoms with Gasteiger partial charge in [0.05, 0.1) is 17.2 Å². The van der Waals surface area contributed by atoms with Crippen LogP contribution in [0.15, 0.2) is 34.9 Å². The molecule has 0 amide bonds. The third-order valence-electron chi connectivity index (χ3n) is 2.55. The molecule has 2 N–H and O–H groups in total. The lowest BCUT2D eigenvalue weighted by molar-refractivity contribution is 0.0527. The molecule has 0 aliphatic rings. The third kappa shape index (κ3) is 3.65. The van der Waals surface area contributed by atoms with E-state index < -0.39 is 5.97 Å². The number of nitrogen functional groups attached to an aromatic ring is 1. The Kier molecular flexibility index (Phi) is 5.03. The molecule has 0 spiro atoms. The van der Waals surface area contributed by atoms with E-state index in [0.29, 0.717) is 10.8 Å². The monoisotopic (exact) mass is 370 g/mol. The normalized spacial score (nSPS) is 10.2. The van der Waals surface area contributed by atoms with Crippen LogP contribution in [0, 0.1) is 0 Å². The van der Waals surface area contributed by atoms with Crippen molar-refractivity contribution in [1.29, 1.82) is 0 Å². The summed E-state index contributed by atoms with van der Waals surface area (Å²) < 4.78 is 11.3. The molecule has 7 heteroatoms. The first-order chi connectivity index (χ1) is 10.0. The van der Waals surface area contributed by atoms with Crippen LogP contribution in [0.2, 0.25) is 5.02 Å². The van der Waals surface area contributed by atoms with E-state index in [9.17, 15) is 4.79 Å². The fourth-order valence-electron chi connectivity index (χ4n) is 1.58. The first-order valence-electron chi connectivity index (χ1n) is 6.07. The number of halogens is 2. The molecular weight excluding hydrogens is 360 g/mol. The highest BCUT2D eigenvalue weighted by molar-refractivity contribution is 9.10. The highest BCUT2D eigenvalue weighted by atomic mass is 79.9. The SMILES string of the molecule is CCOC(=O)c1ccnc(Oc2cc(Br)ccc2Cl)c1N. The number of benzene rings is 1. The maximum Gasteiger partial charge on any atom is 0.340 e. The van der Waals surface area contributed by atoms with E-state index in [1.54, 1.807) is 25.1 Å². The van der Waals surface area contributed by atoms with Gasteiger partial charge in [-0.3, -0.25) is 0 Å². The van der Waals surface area contributed by atoms with Gasteiger partial charge in [-0.05, 0) is 31.2 Å². The molecule has 0 radical (unpaired) electrons. The summed E-state index contributed by atoms with van der Waals surface area (Å²) in [5.41, 5.74) is 6.21. The van der Waals surface area contributed by atoms with Crippen molar-refractivity contribution >= 4 is 39.2 Å². The van der Waals surface area contributed by atoms with Crippen LogP contribution >= 0.6 is 27.5 Å². The van der Waals surface area contributed by atoms with E-state index >= 15 is 0 Å². The molecule has 0 fully saturated rings. The first kappa shape index (κ1) is 15.6. The molecule has 0 atom stereocenters. The van der Waals surface area contributed by atoms with Gasteiger partial charge < -0.3 is 15.2 Å². The lowest BCUT2D eigenvalue weighted by atomic mass is 10.2. The number of anilines is 1. The molecule has 0 bridgehead atoms. The summed E-state index contributed by atoms with van der Waals surface area (Å²) in [5, 5.41) is 0.404. The molecule has 110 valence electrons. The number of hydrogen-bond donors (Lipinski definition) is 1. The van der Waals surface area contributed by atoms with Crippen LogP contribution in [-0.4, -0.2) is 17.6 Å². The number of carbonyl (C=O) groups excluding carboxylic acids is 1. The van der Waals surface area contributed by atoms with Gasteiger partial charge in [0.1, 0.15) is 11.4 Å². The van der Waals surface area contributed by atoms with E-state index in [1.165, 1.54) is 12.3 Å².